The summed E-state index contributed by atoms with van der Waals surface area (Å²) in [5.74, 6) is -1.04. The second-order valence-electron chi connectivity index (χ2n) is 7.17. The van der Waals surface area contributed by atoms with Crippen molar-refractivity contribution in [1.82, 2.24) is 19.4 Å². The fraction of sp³-hybridized carbons (Fsp3) is 0.238. The average Bonchev–Trinajstić information content (AvgIpc) is 2.75. The van der Waals surface area contributed by atoms with Gasteiger partial charge in [-0.2, -0.15) is 0 Å². The van der Waals surface area contributed by atoms with Crippen molar-refractivity contribution in [2.75, 3.05) is 26.2 Å². The van der Waals surface area contributed by atoms with Crippen molar-refractivity contribution in [1.29, 1.82) is 0 Å². The second kappa shape index (κ2) is 8.64. The van der Waals surface area contributed by atoms with Gasteiger partial charge in [-0.25, -0.2) is 9.37 Å². The van der Waals surface area contributed by atoms with E-state index in [0.717, 1.165) is 10.6 Å². The molecule has 1 fully saturated rings. The van der Waals surface area contributed by atoms with E-state index in [1.165, 1.54) is 18.5 Å². The van der Waals surface area contributed by atoms with Gasteiger partial charge in [-0.1, -0.05) is 23.2 Å². The van der Waals surface area contributed by atoms with Crippen LogP contribution >= 0.6 is 23.2 Å². The molecule has 0 saturated carbocycles. The molecule has 31 heavy (non-hydrogen) atoms. The van der Waals surface area contributed by atoms with Crippen molar-refractivity contribution in [3.63, 3.8) is 0 Å². The molecular formula is C21H17Cl2FN4O3. The van der Waals surface area contributed by atoms with Gasteiger partial charge in [0.15, 0.2) is 0 Å². The van der Waals surface area contributed by atoms with Crippen LogP contribution in [0.5, 0.6) is 0 Å². The molecule has 1 aliphatic rings. The molecule has 0 radical (unpaired) electrons. The van der Waals surface area contributed by atoms with Crippen LogP contribution in [0.3, 0.4) is 0 Å². The number of hydrogen-bond acceptors (Lipinski definition) is 4. The molecule has 2 heterocycles. The van der Waals surface area contributed by atoms with Gasteiger partial charge in [0, 0.05) is 41.8 Å². The molecule has 1 aliphatic heterocycles. The van der Waals surface area contributed by atoms with E-state index in [1.54, 1.807) is 28.0 Å². The fourth-order valence-electron chi connectivity index (χ4n) is 3.51. The summed E-state index contributed by atoms with van der Waals surface area (Å²) in [6.07, 6.45) is 1.28. The molecule has 160 valence electrons. The Labute approximate surface area is 186 Å². The quantitative estimate of drug-likeness (QED) is 0.599. The SMILES string of the molecule is O=C(Cn1cnc2ccc(F)cc2c1=O)N1CCN(C(=O)c2cc(Cl)cc(Cl)c2)CC1. The van der Waals surface area contributed by atoms with Gasteiger partial charge in [-0.05, 0) is 36.4 Å². The van der Waals surface area contributed by atoms with E-state index in [4.69, 9.17) is 23.2 Å². The third-order valence-corrected chi connectivity index (χ3v) is 5.56. The van der Waals surface area contributed by atoms with Crippen LogP contribution in [0.1, 0.15) is 10.4 Å². The van der Waals surface area contributed by atoms with E-state index in [0.29, 0.717) is 47.3 Å². The predicted octanol–water partition coefficient (Wildman–Crippen LogP) is 2.83. The first-order valence-corrected chi connectivity index (χ1v) is 10.3. The summed E-state index contributed by atoms with van der Waals surface area (Å²) in [5, 5.41) is 0.865. The summed E-state index contributed by atoms with van der Waals surface area (Å²) >= 11 is 11.9. The van der Waals surface area contributed by atoms with Crippen molar-refractivity contribution in [2.24, 2.45) is 0 Å². The molecule has 0 bridgehead atoms. The van der Waals surface area contributed by atoms with Gasteiger partial charge < -0.3 is 9.80 Å². The zero-order chi connectivity index (χ0) is 22.1. The van der Waals surface area contributed by atoms with E-state index in [1.807, 2.05) is 0 Å². The van der Waals surface area contributed by atoms with E-state index < -0.39 is 11.4 Å². The minimum absolute atomic E-state index is 0.117. The van der Waals surface area contributed by atoms with E-state index in [-0.39, 0.29) is 23.7 Å². The summed E-state index contributed by atoms with van der Waals surface area (Å²) < 4.78 is 14.6. The Balaban J connectivity index is 1.42. The van der Waals surface area contributed by atoms with Crippen molar-refractivity contribution in [3.8, 4) is 0 Å². The van der Waals surface area contributed by atoms with Crippen LogP contribution in [0, 0.1) is 5.82 Å². The van der Waals surface area contributed by atoms with Gasteiger partial charge in [-0.15, -0.1) is 0 Å². The number of hydrogen-bond donors (Lipinski definition) is 0. The van der Waals surface area contributed by atoms with Crippen LogP contribution < -0.4 is 5.56 Å². The van der Waals surface area contributed by atoms with Crippen molar-refractivity contribution in [2.45, 2.75) is 6.54 Å². The molecule has 0 N–H and O–H groups in total. The molecule has 4 rings (SSSR count). The predicted molar refractivity (Wildman–Crippen MR) is 115 cm³/mol. The molecule has 0 spiro atoms. The molecule has 2 amide bonds. The maximum absolute atomic E-state index is 13.5. The Bertz CT molecular complexity index is 1220. The smallest absolute Gasteiger partial charge is 0.261 e. The van der Waals surface area contributed by atoms with Crippen LogP contribution in [-0.2, 0) is 11.3 Å². The summed E-state index contributed by atoms with van der Waals surface area (Å²) in [7, 11) is 0. The molecule has 10 heteroatoms. The van der Waals surface area contributed by atoms with Crippen molar-refractivity contribution in [3.05, 3.63) is 74.5 Å². The summed E-state index contributed by atoms with van der Waals surface area (Å²) in [5.41, 5.74) is 0.270. The highest BCUT2D eigenvalue weighted by atomic mass is 35.5. The van der Waals surface area contributed by atoms with Crippen molar-refractivity contribution < 1.29 is 14.0 Å². The number of benzene rings is 2. The highest BCUT2D eigenvalue weighted by Gasteiger charge is 2.25. The normalized spacial score (nSPS) is 14.2. The van der Waals surface area contributed by atoms with Crippen LogP contribution in [0.4, 0.5) is 4.39 Å². The first-order valence-electron chi connectivity index (χ1n) is 9.49. The van der Waals surface area contributed by atoms with Crippen LogP contribution in [0.25, 0.3) is 10.9 Å². The standard InChI is InChI=1S/C21H17Cl2FN4O3/c22-14-7-13(8-15(23)9-14)20(30)27-5-3-26(4-6-27)19(29)11-28-12-25-18-2-1-16(24)10-17(18)21(28)31/h1-2,7-10,12H,3-6,11H2. The van der Waals surface area contributed by atoms with Crippen molar-refractivity contribution >= 4 is 45.9 Å². The molecule has 2 aromatic carbocycles. The lowest BCUT2D eigenvalue weighted by Crippen LogP contribution is -2.51. The third kappa shape index (κ3) is 4.55. The number of rotatable bonds is 3. The van der Waals surface area contributed by atoms with E-state index >= 15 is 0 Å². The Morgan fingerprint density at radius 3 is 2.29 bits per heavy atom. The first-order chi connectivity index (χ1) is 14.8. The third-order valence-electron chi connectivity index (χ3n) is 5.12. The monoisotopic (exact) mass is 462 g/mol. The molecular weight excluding hydrogens is 446 g/mol. The van der Waals surface area contributed by atoms with Gasteiger partial charge in [0.25, 0.3) is 11.5 Å². The number of carbonyl (C=O) groups is 2. The molecule has 0 unspecified atom stereocenters. The van der Waals surface area contributed by atoms with Gasteiger partial charge in [-0.3, -0.25) is 19.0 Å². The van der Waals surface area contributed by atoms with Gasteiger partial charge in [0.1, 0.15) is 12.4 Å². The van der Waals surface area contributed by atoms with Crippen LogP contribution in [-0.4, -0.2) is 57.3 Å². The van der Waals surface area contributed by atoms with Crippen LogP contribution in [0.2, 0.25) is 10.0 Å². The Morgan fingerprint density at radius 1 is 0.968 bits per heavy atom. The zero-order valence-corrected chi connectivity index (χ0v) is 17.7. The highest BCUT2D eigenvalue weighted by Crippen LogP contribution is 2.21. The lowest BCUT2D eigenvalue weighted by atomic mass is 10.2. The Kier molecular flexibility index (Phi) is 5.93. The lowest BCUT2D eigenvalue weighted by molar-refractivity contribution is -0.133. The van der Waals surface area contributed by atoms with Gasteiger partial charge >= 0.3 is 0 Å². The number of fused-ring (bicyclic) bond motifs is 1. The highest BCUT2D eigenvalue weighted by molar-refractivity contribution is 6.35. The average molecular weight is 463 g/mol. The summed E-state index contributed by atoms with van der Waals surface area (Å²) in [6.45, 7) is 1.11. The number of carbonyl (C=O) groups excluding carboxylic acids is 2. The number of piperazine rings is 1. The number of nitrogens with zero attached hydrogens (tertiary/aromatic N) is 4. The van der Waals surface area contributed by atoms with E-state index in [2.05, 4.69) is 4.98 Å². The zero-order valence-electron chi connectivity index (χ0n) is 16.2. The minimum atomic E-state index is -0.544. The van der Waals surface area contributed by atoms with Gasteiger partial charge in [0.05, 0.1) is 17.2 Å². The Morgan fingerprint density at radius 2 is 1.61 bits per heavy atom. The summed E-state index contributed by atoms with van der Waals surface area (Å²) in [6, 6.07) is 8.40. The lowest BCUT2D eigenvalue weighted by Gasteiger charge is -2.35. The fourth-order valence-corrected chi connectivity index (χ4v) is 4.03. The second-order valence-corrected chi connectivity index (χ2v) is 8.04. The Hall–Kier alpha value is -2.97. The molecule has 1 saturated heterocycles. The largest absolute Gasteiger partial charge is 0.338 e. The topological polar surface area (TPSA) is 75.5 Å². The molecule has 0 atom stereocenters. The summed E-state index contributed by atoms with van der Waals surface area (Å²) in [4.78, 5) is 45.3. The van der Waals surface area contributed by atoms with Gasteiger partial charge in [0.2, 0.25) is 5.91 Å². The molecule has 7 nitrogen and oxygen atoms in total. The molecule has 1 aromatic heterocycles. The maximum atomic E-state index is 13.5. The van der Waals surface area contributed by atoms with Crippen LogP contribution in [0.15, 0.2) is 47.5 Å². The molecule has 0 aliphatic carbocycles. The maximum Gasteiger partial charge on any atom is 0.261 e. The number of aromatic nitrogens is 2. The minimum Gasteiger partial charge on any atom is -0.338 e. The number of halogens is 3. The number of amides is 2. The first kappa shape index (κ1) is 21.3. The molecule has 3 aromatic rings. The van der Waals surface area contributed by atoms with E-state index in [9.17, 15) is 18.8 Å².